The summed E-state index contributed by atoms with van der Waals surface area (Å²) in [5.74, 6) is 2.19. The van der Waals surface area contributed by atoms with Crippen LogP contribution in [-0.4, -0.2) is 5.11 Å². The van der Waals surface area contributed by atoms with Crippen molar-refractivity contribution in [3.8, 4) is 0 Å². The zero-order valence-corrected chi connectivity index (χ0v) is 12.3. The van der Waals surface area contributed by atoms with Gasteiger partial charge in [0.05, 0.1) is 0 Å². The second kappa shape index (κ2) is 5.22. The minimum absolute atomic E-state index is 0.505. The molecule has 1 aromatic heterocycles. The Hall–Kier alpha value is -1.54. The monoisotopic (exact) mass is 258 g/mol. The van der Waals surface area contributed by atoms with Gasteiger partial charge in [-0.1, -0.05) is 38.1 Å². The largest absolute Gasteiger partial charge is 0.466 e. The summed E-state index contributed by atoms with van der Waals surface area (Å²) in [7, 11) is 0. The molecule has 2 nitrogen and oxygen atoms in total. The minimum atomic E-state index is -0.612. The van der Waals surface area contributed by atoms with Gasteiger partial charge in [0.25, 0.3) is 0 Å². The fourth-order valence-corrected chi connectivity index (χ4v) is 2.44. The first-order valence-corrected chi connectivity index (χ1v) is 6.76. The van der Waals surface area contributed by atoms with Gasteiger partial charge in [-0.05, 0) is 43.4 Å². The molecule has 0 aliphatic heterocycles. The van der Waals surface area contributed by atoms with Crippen LogP contribution in [-0.2, 0) is 0 Å². The number of aryl methyl sites for hydroxylation is 2. The molecule has 1 atom stereocenters. The summed E-state index contributed by atoms with van der Waals surface area (Å²) in [5, 5.41) is 10.5. The van der Waals surface area contributed by atoms with Gasteiger partial charge in [-0.15, -0.1) is 0 Å². The van der Waals surface area contributed by atoms with Gasteiger partial charge >= 0.3 is 0 Å². The third-order valence-electron chi connectivity index (χ3n) is 3.81. The van der Waals surface area contributed by atoms with Crippen LogP contribution in [0.25, 0.3) is 0 Å². The normalized spacial score (nSPS) is 13.0. The summed E-state index contributed by atoms with van der Waals surface area (Å²) >= 11 is 0. The molecule has 0 fully saturated rings. The van der Waals surface area contributed by atoms with Crippen molar-refractivity contribution in [2.75, 3.05) is 0 Å². The van der Waals surface area contributed by atoms with Crippen molar-refractivity contribution in [1.82, 2.24) is 0 Å². The molecule has 0 saturated carbocycles. The van der Waals surface area contributed by atoms with Gasteiger partial charge in [0.1, 0.15) is 17.6 Å². The van der Waals surface area contributed by atoms with Gasteiger partial charge in [-0.3, -0.25) is 0 Å². The Labute approximate surface area is 115 Å². The summed E-state index contributed by atoms with van der Waals surface area (Å²) < 4.78 is 5.59. The summed E-state index contributed by atoms with van der Waals surface area (Å²) in [4.78, 5) is 0. The molecule has 2 heteroatoms. The molecule has 2 aromatic rings. The number of aliphatic hydroxyl groups is 1. The fraction of sp³-hybridized carbons (Fsp3) is 0.412. The average Bonchev–Trinajstić information content (AvgIpc) is 2.62. The Bertz CT molecular complexity index is 562. The van der Waals surface area contributed by atoms with E-state index in [4.69, 9.17) is 4.42 Å². The second-order valence-electron chi connectivity index (χ2n) is 5.48. The highest BCUT2D eigenvalue weighted by atomic mass is 16.3. The first kappa shape index (κ1) is 13.9. The number of hydrogen-bond acceptors (Lipinski definition) is 2. The Balaban J connectivity index is 2.36. The van der Waals surface area contributed by atoms with E-state index in [1.807, 2.05) is 32.9 Å². The number of rotatable bonds is 3. The van der Waals surface area contributed by atoms with Gasteiger partial charge in [0.2, 0.25) is 0 Å². The van der Waals surface area contributed by atoms with E-state index in [0.29, 0.717) is 5.92 Å². The molecule has 0 saturated heterocycles. The van der Waals surface area contributed by atoms with Crippen LogP contribution in [0.3, 0.4) is 0 Å². The lowest BCUT2D eigenvalue weighted by molar-refractivity contribution is 0.217. The van der Waals surface area contributed by atoms with Crippen LogP contribution in [0.2, 0.25) is 0 Å². The van der Waals surface area contributed by atoms with Crippen LogP contribution in [0.4, 0.5) is 0 Å². The fourth-order valence-electron chi connectivity index (χ4n) is 2.44. The molecular formula is C17H22O2. The number of furan rings is 1. The van der Waals surface area contributed by atoms with Crippen LogP contribution in [0.15, 0.2) is 28.7 Å². The van der Waals surface area contributed by atoms with Gasteiger partial charge in [0, 0.05) is 5.56 Å². The van der Waals surface area contributed by atoms with Crippen molar-refractivity contribution < 1.29 is 9.52 Å². The Morgan fingerprint density at radius 2 is 1.42 bits per heavy atom. The number of hydrogen-bond donors (Lipinski definition) is 1. The third-order valence-corrected chi connectivity index (χ3v) is 3.81. The van der Waals surface area contributed by atoms with E-state index in [1.54, 1.807) is 0 Å². The van der Waals surface area contributed by atoms with Crippen molar-refractivity contribution in [1.29, 1.82) is 0 Å². The molecule has 19 heavy (non-hydrogen) atoms. The average molecular weight is 258 g/mol. The second-order valence-corrected chi connectivity index (χ2v) is 5.48. The van der Waals surface area contributed by atoms with Gasteiger partial charge in [-0.25, -0.2) is 0 Å². The van der Waals surface area contributed by atoms with Crippen LogP contribution < -0.4 is 0 Å². The number of benzene rings is 1. The Morgan fingerprint density at radius 3 is 1.84 bits per heavy atom. The van der Waals surface area contributed by atoms with E-state index in [0.717, 1.165) is 28.2 Å². The van der Waals surface area contributed by atoms with Crippen molar-refractivity contribution in [3.63, 3.8) is 0 Å². The Morgan fingerprint density at radius 1 is 0.895 bits per heavy atom. The highest BCUT2D eigenvalue weighted by Gasteiger charge is 2.20. The van der Waals surface area contributed by atoms with Crippen molar-refractivity contribution in [3.05, 3.63) is 58.0 Å². The molecule has 1 heterocycles. The standard InChI is InChI=1S/C17H22O2/c1-10(2)14-6-8-15(9-7-14)17(18)16-11(3)12(4)19-13(16)5/h6-10,17-18H,1-5H3. The van der Waals surface area contributed by atoms with Gasteiger partial charge < -0.3 is 9.52 Å². The molecule has 0 spiro atoms. The van der Waals surface area contributed by atoms with E-state index in [-0.39, 0.29) is 0 Å². The van der Waals surface area contributed by atoms with E-state index in [1.165, 1.54) is 5.56 Å². The topological polar surface area (TPSA) is 33.4 Å². The first-order chi connectivity index (χ1) is 8.91. The molecule has 102 valence electrons. The quantitative estimate of drug-likeness (QED) is 0.884. The molecule has 1 unspecified atom stereocenters. The molecule has 1 N–H and O–H groups in total. The van der Waals surface area contributed by atoms with Crippen LogP contribution >= 0.6 is 0 Å². The predicted molar refractivity (Wildman–Crippen MR) is 77.5 cm³/mol. The zero-order valence-electron chi connectivity index (χ0n) is 12.3. The maximum Gasteiger partial charge on any atom is 0.108 e. The van der Waals surface area contributed by atoms with Crippen molar-refractivity contribution in [2.45, 2.75) is 46.6 Å². The lowest BCUT2D eigenvalue weighted by atomic mass is 9.95. The Kier molecular flexibility index (Phi) is 3.81. The predicted octanol–water partition coefficient (Wildman–Crippen LogP) is 4.41. The zero-order chi connectivity index (χ0) is 14.2. The molecule has 2 rings (SSSR count). The highest BCUT2D eigenvalue weighted by molar-refractivity contribution is 5.40. The van der Waals surface area contributed by atoms with E-state index < -0.39 is 6.10 Å². The van der Waals surface area contributed by atoms with E-state index in [2.05, 4.69) is 26.0 Å². The molecule has 1 aromatic carbocycles. The van der Waals surface area contributed by atoms with Gasteiger partial charge in [-0.2, -0.15) is 0 Å². The molecule has 0 aliphatic carbocycles. The smallest absolute Gasteiger partial charge is 0.108 e. The van der Waals surface area contributed by atoms with Crippen molar-refractivity contribution >= 4 is 0 Å². The lowest BCUT2D eigenvalue weighted by Crippen LogP contribution is -2.02. The molecule has 0 radical (unpaired) electrons. The summed E-state index contributed by atoms with van der Waals surface area (Å²) in [6.07, 6.45) is -0.612. The van der Waals surface area contributed by atoms with E-state index >= 15 is 0 Å². The molecule has 0 amide bonds. The lowest BCUT2D eigenvalue weighted by Gasteiger charge is -2.13. The first-order valence-electron chi connectivity index (χ1n) is 6.76. The third kappa shape index (κ3) is 2.59. The molecule has 0 aliphatic rings. The molecule has 0 bridgehead atoms. The van der Waals surface area contributed by atoms with Crippen LogP contribution in [0.1, 0.15) is 59.6 Å². The highest BCUT2D eigenvalue weighted by Crippen LogP contribution is 2.31. The SMILES string of the molecule is Cc1oc(C)c(C(O)c2ccc(C(C)C)cc2)c1C. The van der Waals surface area contributed by atoms with Crippen LogP contribution in [0, 0.1) is 20.8 Å². The van der Waals surface area contributed by atoms with Crippen LogP contribution in [0.5, 0.6) is 0 Å². The summed E-state index contributed by atoms with van der Waals surface area (Å²) in [5.41, 5.74) is 4.14. The maximum atomic E-state index is 10.5. The van der Waals surface area contributed by atoms with Crippen molar-refractivity contribution in [2.24, 2.45) is 0 Å². The van der Waals surface area contributed by atoms with Gasteiger partial charge in [0.15, 0.2) is 0 Å². The van der Waals surface area contributed by atoms with E-state index in [9.17, 15) is 5.11 Å². The maximum absolute atomic E-state index is 10.5. The summed E-state index contributed by atoms with van der Waals surface area (Å²) in [6, 6.07) is 8.17. The number of aliphatic hydroxyl groups excluding tert-OH is 1. The summed E-state index contributed by atoms with van der Waals surface area (Å²) in [6.45, 7) is 10.2. The molecular weight excluding hydrogens is 236 g/mol. The minimum Gasteiger partial charge on any atom is -0.466 e.